The summed E-state index contributed by atoms with van der Waals surface area (Å²) in [5.41, 5.74) is 7.47. The molecule has 1 heterocycles. The number of anilines is 1. The second-order valence-electron chi connectivity index (χ2n) is 6.39. The number of hydrogen-bond donors (Lipinski definition) is 2. The molecule has 0 spiro atoms. The molecule has 0 radical (unpaired) electrons. The van der Waals surface area contributed by atoms with Crippen LogP contribution in [0.3, 0.4) is 0 Å². The predicted octanol–water partition coefficient (Wildman–Crippen LogP) is 2.86. The summed E-state index contributed by atoms with van der Waals surface area (Å²) < 4.78 is 5.43. The Morgan fingerprint density at radius 2 is 2.12 bits per heavy atom. The molecule has 3 N–H and O–H groups in total. The van der Waals surface area contributed by atoms with Crippen molar-refractivity contribution in [1.82, 2.24) is 0 Å². The van der Waals surface area contributed by atoms with E-state index in [4.69, 9.17) is 15.7 Å². The van der Waals surface area contributed by atoms with Crippen molar-refractivity contribution >= 4 is 28.2 Å². The molecule has 2 amide bonds. The maximum atomic E-state index is 12.2. The van der Waals surface area contributed by atoms with Crippen LogP contribution in [-0.4, -0.2) is 18.4 Å². The van der Waals surface area contributed by atoms with Crippen LogP contribution < -0.4 is 15.8 Å². The average molecular weight is 369 g/mol. The number of nitrogens with zero attached hydrogens (tertiary/aromatic N) is 1. The number of ether oxygens (including phenoxy) is 1. The second-order valence-corrected chi connectivity index (χ2v) is 7.50. The maximum Gasteiger partial charge on any atom is 0.262 e. The monoisotopic (exact) mass is 369 g/mol. The molecule has 1 aromatic heterocycles. The van der Waals surface area contributed by atoms with E-state index in [-0.39, 0.29) is 12.5 Å². The number of nitriles is 1. The van der Waals surface area contributed by atoms with E-state index >= 15 is 0 Å². The summed E-state index contributed by atoms with van der Waals surface area (Å²) in [5.74, 6) is 0.183. The third-order valence-corrected chi connectivity index (χ3v) is 5.53. The van der Waals surface area contributed by atoms with Gasteiger partial charge < -0.3 is 15.8 Å². The van der Waals surface area contributed by atoms with Gasteiger partial charge in [0.15, 0.2) is 6.61 Å². The molecule has 0 aliphatic heterocycles. The van der Waals surface area contributed by atoms with Crippen LogP contribution in [0.4, 0.5) is 5.00 Å². The molecular formula is C19H19N3O3S. The number of hydrogen-bond acceptors (Lipinski definition) is 5. The molecule has 3 rings (SSSR count). The Kier molecular flexibility index (Phi) is 5.24. The summed E-state index contributed by atoms with van der Waals surface area (Å²) in [6.07, 6.45) is 2.72. The summed E-state index contributed by atoms with van der Waals surface area (Å²) in [7, 11) is 0. The summed E-state index contributed by atoms with van der Waals surface area (Å²) in [6.45, 7) is 1.99. The van der Waals surface area contributed by atoms with Crippen LogP contribution in [0, 0.1) is 17.2 Å². The van der Waals surface area contributed by atoms with E-state index in [0.717, 1.165) is 29.7 Å². The van der Waals surface area contributed by atoms with Gasteiger partial charge in [0, 0.05) is 4.88 Å². The van der Waals surface area contributed by atoms with E-state index in [0.29, 0.717) is 27.8 Å². The van der Waals surface area contributed by atoms with E-state index in [9.17, 15) is 9.59 Å². The topological polar surface area (TPSA) is 105 Å². The van der Waals surface area contributed by atoms with Crippen LogP contribution in [0.1, 0.15) is 39.7 Å². The number of thiophene rings is 1. The number of nitrogens with one attached hydrogen (secondary N) is 1. The number of carbonyl (C=O) groups excluding carboxylic acids is 2. The maximum absolute atomic E-state index is 12.2. The highest BCUT2D eigenvalue weighted by atomic mass is 32.1. The number of primary amides is 1. The minimum absolute atomic E-state index is 0.191. The fourth-order valence-corrected chi connectivity index (χ4v) is 4.47. The summed E-state index contributed by atoms with van der Waals surface area (Å²) in [6, 6.07) is 8.52. The molecule has 0 saturated heterocycles. The Morgan fingerprint density at radius 1 is 1.38 bits per heavy atom. The zero-order valence-electron chi connectivity index (χ0n) is 14.4. The van der Waals surface area contributed by atoms with Crippen LogP contribution in [0.15, 0.2) is 24.3 Å². The van der Waals surface area contributed by atoms with Crippen molar-refractivity contribution in [3.63, 3.8) is 0 Å². The van der Waals surface area contributed by atoms with Gasteiger partial charge in [-0.15, -0.1) is 11.3 Å². The number of nitrogens with two attached hydrogens (primary N) is 1. The lowest BCUT2D eigenvalue weighted by molar-refractivity contribution is -0.118. The standard InChI is InChI=1S/C19H19N3O3S/c1-11-2-7-14-15(8-11)26-19(17(14)18(21)24)22-16(23)10-25-13-5-3-12(9-20)4-6-13/h3-6,11H,2,7-8,10H2,1H3,(H2,21,24)(H,22,23). The van der Waals surface area contributed by atoms with E-state index in [2.05, 4.69) is 12.2 Å². The minimum atomic E-state index is -0.514. The average Bonchev–Trinajstić information content (AvgIpc) is 2.97. The van der Waals surface area contributed by atoms with Crippen molar-refractivity contribution in [2.75, 3.05) is 11.9 Å². The highest BCUT2D eigenvalue weighted by Gasteiger charge is 2.27. The molecule has 1 aliphatic carbocycles. The molecule has 2 aromatic rings. The fraction of sp³-hybridized carbons (Fsp3) is 0.316. The van der Waals surface area contributed by atoms with E-state index in [1.165, 1.54) is 11.3 Å². The van der Waals surface area contributed by atoms with Crippen molar-refractivity contribution in [1.29, 1.82) is 5.26 Å². The molecular weight excluding hydrogens is 350 g/mol. The zero-order valence-corrected chi connectivity index (χ0v) is 15.2. The quantitative estimate of drug-likeness (QED) is 0.845. The van der Waals surface area contributed by atoms with Gasteiger partial charge in [0.2, 0.25) is 0 Å². The van der Waals surface area contributed by atoms with Crippen molar-refractivity contribution in [3.05, 3.63) is 45.8 Å². The smallest absolute Gasteiger partial charge is 0.262 e. The Hall–Kier alpha value is -2.85. The van der Waals surface area contributed by atoms with Crippen molar-refractivity contribution in [3.8, 4) is 11.8 Å². The third kappa shape index (κ3) is 3.86. The number of carbonyl (C=O) groups is 2. The molecule has 0 fully saturated rings. The van der Waals surface area contributed by atoms with Crippen LogP contribution in [0.5, 0.6) is 5.75 Å². The molecule has 0 saturated carbocycles. The molecule has 26 heavy (non-hydrogen) atoms. The normalized spacial score (nSPS) is 15.6. The minimum Gasteiger partial charge on any atom is -0.484 e. The van der Waals surface area contributed by atoms with Gasteiger partial charge in [-0.3, -0.25) is 9.59 Å². The Morgan fingerprint density at radius 3 is 2.77 bits per heavy atom. The van der Waals surface area contributed by atoms with Gasteiger partial charge in [0.05, 0.1) is 17.2 Å². The third-order valence-electron chi connectivity index (χ3n) is 4.36. The molecule has 134 valence electrons. The van der Waals surface area contributed by atoms with Gasteiger partial charge in [0.1, 0.15) is 10.8 Å². The Labute approximate surface area is 155 Å². The van der Waals surface area contributed by atoms with Gasteiger partial charge in [-0.2, -0.15) is 5.26 Å². The first-order chi connectivity index (χ1) is 12.5. The number of benzene rings is 1. The van der Waals surface area contributed by atoms with Gasteiger partial charge in [-0.05, 0) is 55.0 Å². The Bertz CT molecular complexity index is 881. The van der Waals surface area contributed by atoms with E-state index in [1.54, 1.807) is 24.3 Å². The molecule has 0 bridgehead atoms. The lowest BCUT2D eigenvalue weighted by Crippen LogP contribution is -2.22. The van der Waals surface area contributed by atoms with Crippen LogP contribution in [-0.2, 0) is 17.6 Å². The number of amides is 2. The van der Waals surface area contributed by atoms with Crippen molar-refractivity contribution in [2.24, 2.45) is 11.7 Å². The van der Waals surface area contributed by atoms with Crippen LogP contribution in [0.2, 0.25) is 0 Å². The van der Waals surface area contributed by atoms with Gasteiger partial charge in [-0.25, -0.2) is 0 Å². The van der Waals surface area contributed by atoms with E-state index < -0.39 is 5.91 Å². The van der Waals surface area contributed by atoms with Gasteiger partial charge in [0.25, 0.3) is 11.8 Å². The molecule has 1 atom stereocenters. The summed E-state index contributed by atoms with van der Waals surface area (Å²) in [4.78, 5) is 25.2. The van der Waals surface area contributed by atoms with Crippen molar-refractivity contribution < 1.29 is 14.3 Å². The number of fused-ring (bicyclic) bond motifs is 1. The SMILES string of the molecule is CC1CCc2c(sc(NC(=O)COc3ccc(C#N)cc3)c2C(N)=O)C1. The lowest BCUT2D eigenvalue weighted by atomic mass is 9.88. The largest absolute Gasteiger partial charge is 0.484 e. The van der Waals surface area contributed by atoms with Crippen LogP contribution >= 0.6 is 11.3 Å². The highest BCUT2D eigenvalue weighted by molar-refractivity contribution is 7.17. The van der Waals surface area contributed by atoms with E-state index in [1.807, 2.05) is 6.07 Å². The lowest BCUT2D eigenvalue weighted by Gasteiger charge is -2.18. The Balaban J connectivity index is 1.69. The molecule has 1 aromatic carbocycles. The van der Waals surface area contributed by atoms with Gasteiger partial charge >= 0.3 is 0 Å². The second kappa shape index (κ2) is 7.58. The first-order valence-electron chi connectivity index (χ1n) is 8.35. The zero-order chi connectivity index (χ0) is 18.7. The first-order valence-corrected chi connectivity index (χ1v) is 9.16. The predicted molar refractivity (Wildman–Crippen MR) is 99.3 cm³/mol. The molecule has 6 nitrogen and oxygen atoms in total. The number of rotatable bonds is 5. The summed E-state index contributed by atoms with van der Waals surface area (Å²) >= 11 is 1.42. The highest BCUT2D eigenvalue weighted by Crippen LogP contribution is 2.39. The molecule has 1 unspecified atom stereocenters. The van der Waals surface area contributed by atoms with Crippen molar-refractivity contribution in [2.45, 2.75) is 26.2 Å². The fourth-order valence-electron chi connectivity index (χ4n) is 3.04. The molecule has 7 heteroatoms. The van der Waals surface area contributed by atoms with Crippen LogP contribution in [0.25, 0.3) is 0 Å². The molecule has 1 aliphatic rings. The first kappa shape index (κ1) is 18.0. The van der Waals surface area contributed by atoms with Gasteiger partial charge in [-0.1, -0.05) is 6.92 Å². The summed E-state index contributed by atoms with van der Waals surface area (Å²) in [5, 5.41) is 12.0.